The largest absolute Gasteiger partial charge is 0.492 e. The van der Waals surface area contributed by atoms with Crippen molar-refractivity contribution >= 4 is 23.2 Å². The number of likely N-dealkylation sites (N-methyl/N-ethyl adjacent to an activating group) is 1. The number of anilines is 1. The average Bonchev–Trinajstić information content (AvgIpc) is 2.71. The predicted molar refractivity (Wildman–Crippen MR) is 105 cm³/mol. The summed E-state index contributed by atoms with van der Waals surface area (Å²) in [6.07, 6.45) is 0. The summed E-state index contributed by atoms with van der Waals surface area (Å²) in [5.74, 6) is 0.287. The first-order valence-electron chi connectivity index (χ1n) is 9.00. The molecular weight excluding hydrogens is 378 g/mol. The van der Waals surface area contributed by atoms with Crippen molar-refractivity contribution in [2.24, 2.45) is 0 Å². The van der Waals surface area contributed by atoms with E-state index in [0.29, 0.717) is 24.7 Å². The smallest absolute Gasteiger partial charge is 0.271 e. The number of ether oxygens (including phenoxy) is 2. The van der Waals surface area contributed by atoms with Crippen molar-refractivity contribution in [1.29, 1.82) is 0 Å². The number of hydrogen-bond acceptors (Lipinski definition) is 6. The van der Waals surface area contributed by atoms with E-state index in [2.05, 4.69) is 0 Å². The number of aryl methyl sites for hydroxylation is 1. The summed E-state index contributed by atoms with van der Waals surface area (Å²) in [5, 5.41) is 11.0. The van der Waals surface area contributed by atoms with Crippen LogP contribution in [0.3, 0.4) is 0 Å². The van der Waals surface area contributed by atoms with Crippen molar-refractivity contribution in [3.8, 4) is 11.5 Å². The number of amides is 2. The molecule has 0 saturated carbocycles. The van der Waals surface area contributed by atoms with Crippen LogP contribution in [0.1, 0.15) is 5.56 Å². The highest BCUT2D eigenvalue weighted by Crippen LogP contribution is 2.35. The highest BCUT2D eigenvalue weighted by Gasteiger charge is 2.30. The van der Waals surface area contributed by atoms with Crippen LogP contribution in [0.15, 0.2) is 42.5 Å². The van der Waals surface area contributed by atoms with Crippen LogP contribution in [-0.4, -0.2) is 55.0 Å². The van der Waals surface area contributed by atoms with Crippen molar-refractivity contribution < 1.29 is 24.0 Å². The maximum atomic E-state index is 12.6. The summed E-state index contributed by atoms with van der Waals surface area (Å²) in [6, 6.07) is 11.5. The van der Waals surface area contributed by atoms with Gasteiger partial charge in [0.25, 0.3) is 11.6 Å². The SMILES string of the molecule is Cc1ccc(OCCN(C)C(=O)CN2C(=O)COc3ccc([N+](=O)[O-])cc32)cc1. The van der Waals surface area contributed by atoms with Crippen molar-refractivity contribution in [2.45, 2.75) is 6.92 Å². The molecule has 3 rings (SSSR count). The molecule has 0 aromatic heterocycles. The van der Waals surface area contributed by atoms with Gasteiger partial charge in [0.2, 0.25) is 5.91 Å². The number of non-ortho nitro benzene ring substituents is 1. The molecule has 152 valence electrons. The van der Waals surface area contributed by atoms with E-state index < -0.39 is 10.8 Å². The van der Waals surface area contributed by atoms with Gasteiger partial charge in [0.1, 0.15) is 24.7 Å². The zero-order valence-electron chi connectivity index (χ0n) is 16.2. The van der Waals surface area contributed by atoms with E-state index in [9.17, 15) is 19.7 Å². The molecule has 29 heavy (non-hydrogen) atoms. The van der Waals surface area contributed by atoms with Gasteiger partial charge in [-0.25, -0.2) is 0 Å². The van der Waals surface area contributed by atoms with E-state index in [1.165, 1.54) is 28.0 Å². The van der Waals surface area contributed by atoms with Crippen LogP contribution in [0.4, 0.5) is 11.4 Å². The second kappa shape index (κ2) is 8.59. The number of rotatable bonds is 7. The topological polar surface area (TPSA) is 102 Å². The Labute approximate surface area is 167 Å². The van der Waals surface area contributed by atoms with Crippen LogP contribution in [0.5, 0.6) is 11.5 Å². The number of nitrogens with zero attached hydrogens (tertiary/aromatic N) is 3. The minimum Gasteiger partial charge on any atom is -0.492 e. The molecule has 1 heterocycles. The number of nitro benzene ring substituents is 1. The molecule has 0 saturated heterocycles. The van der Waals surface area contributed by atoms with Gasteiger partial charge in [-0.3, -0.25) is 24.6 Å². The fourth-order valence-electron chi connectivity index (χ4n) is 2.79. The molecule has 1 aliphatic rings. The molecular formula is C20H21N3O6. The number of carbonyl (C=O) groups is 2. The van der Waals surface area contributed by atoms with Crippen molar-refractivity contribution in [2.75, 3.05) is 38.3 Å². The van der Waals surface area contributed by atoms with E-state index in [1.807, 2.05) is 31.2 Å². The Morgan fingerprint density at radius 1 is 1.28 bits per heavy atom. The second-order valence-electron chi connectivity index (χ2n) is 6.65. The molecule has 2 amide bonds. The number of hydrogen-bond donors (Lipinski definition) is 0. The molecule has 9 nitrogen and oxygen atoms in total. The maximum absolute atomic E-state index is 12.6. The van der Waals surface area contributed by atoms with Gasteiger partial charge in [0.05, 0.1) is 17.2 Å². The Balaban J connectivity index is 1.62. The van der Waals surface area contributed by atoms with Crippen LogP contribution < -0.4 is 14.4 Å². The lowest BCUT2D eigenvalue weighted by atomic mass is 10.2. The third-order valence-electron chi connectivity index (χ3n) is 4.53. The van der Waals surface area contributed by atoms with Crippen molar-refractivity contribution in [1.82, 2.24) is 4.90 Å². The van der Waals surface area contributed by atoms with E-state index >= 15 is 0 Å². The molecule has 0 unspecified atom stereocenters. The zero-order chi connectivity index (χ0) is 21.0. The van der Waals surface area contributed by atoms with E-state index in [4.69, 9.17) is 9.47 Å². The maximum Gasteiger partial charge on any atom is 0.271 e. The minimum atomic E-state index is -0.562. The van der Waals surface area contributed by atoms with Crippen LogP contribution >= 0.6 is 0 Å². The molecule has 2 aromatic rings. The number of benzene rings is 2. The monoisotopic (exact) mass is 399 g/mol. The summed E-state index contributed by atoms with van der Waals surface area (Å²) in [7, 11) is 1.61. The van der Waals surface area contributed by atoms with Gasteiger partial charge in [0.15, 0.2) is 6.61 Å². The fourth-order valence-corrected chi connectivity index (χ4v) is 2.79. The Morgan fingerprint density at radius 2 is 2.00 bits per heavy atom. The van der Waals surface area contributed by atoms with Gasteiger partial charge in [-0.1, -0.05) is 17.7 Å². The zero-order valence-corrected chi connectivity index (χ0v) is 16.2. The summed E-state index contributed by atoms with van der Waals surface area (Å²) in [6.45, 7) is 2.14. The molecule has 1 aliphatic heterocycles. The number of nitro groups is 1. The third-order valence-corrected chi connectivity index (χ3v) is 4.53. The van der Waals surface area contributed by atoms with Crippen molar-refractivity contribution in [3.63, 3.8) is 0 Å². The van der Waals surface area contributed by atoms with Gasteiger partial charge in [0, 0.05) is 19.2 Å². The minimum absolute atomic E-state index is 0.181. The Bertz CT molecular complexity index is 928. The second-order valence-corrected chi connectivity index (χ2v) is 6.65. The lowest BCUT2D eigenvalue weighted by molar-refractivity contribution is -0.384. The first-order chi connectivity index (χ1) is 13.8. The molecule has 0 atom stereocenters. The van der Waals surface area contributed by atoms with E-state index in [-0.39, 0.29) is 30.4 Å². The van der Waals surface area contributed by atoms with Crippen LogP contribution in [0.25, 0.3) is 0 Å². The van der Waals surface area contributed by atoms with E-state index in [0.717, 1.165) is 5.56 Å². The predicted octanol–water partition coefficient (Wildman–Crippen LogP) is 2.17. The summed E-state index contributed by atoms with van der Waals surface area (Å²) >= 11 is 0. The standard InChI is InChI=1S/C20H21N3O6/c1-14-3-6-16(7-4-14)28-10-9-21(2)19(24)12-22-17-11-15(23(26)27)5-8-18(17)29-13-20(22)25/h3-8,11H,9-10,12-13H2,1-2H3. The highest BCUT2D eigenvalue weighted by atomic mass is 16.6. The highest BCUT2D eigenvalue weighted by molar-refractivity contribution is 6.02. The molecule has 0 radical (unpaired) electrons. The van der Waals surface area contributed by atoms with Crippen LogP contribution in [-0.2, 0) is 9.59 Å². The average molecular weight is 399 g/mol. The summed E-state index contributed by atoms with van der Waals surface area (Å²) in [5.41, 5.74) is 1.16. The van der Waals surface area contributed by atoms with Gasteiger partial charge >= 0.3 is 0 Å². The summed E-state index contributed by atoms with van der Waals surface area (Å²) < 4.78 is 10.9. The molecule has 2 aromatic carbocycles. The van der Waals surface area contributed by atoms with Gasteiger partial charge in [-0.05, 0) is 25.1 Å². The number of carbonyl (C=O) groups excluding carboxylic acids is 2. The first kappa shape index (κ1) is 20.1. The Morgan fingerprint density at radius 3 is 2.69 bits per heavy atom. The van der Waals surface area contributed by atoms with Crippen LogP contribution in [0, 0.1) is 17.0 Å². The summed E-state index contributed by atoms with van der Waals surface area (Å²) in [4.78, 5) is 38.0. The normalized spacial score (nSPS) is 12.8. The Kier molecular flexibility index (Phi) is 5.96. The molecule has 0 fully saturated rings. The number of fused-ring (bicyclic) bond motifs is 1. The van der Waals surface area contributed by atoms with Crippen molar-refractivity contribution in [3.05, 3.63) is 58.1 Å². The van der Waals surface area contributed by atoms with Gasteiger partial charge < -0.3 is 14.4 Å². The first-order valence-corrected chi connectivity index (χ1v) is 9.00. The lowest BCUT2D eigenvalue weighted by Gasteiger charge is -2.30. The lowest BCUT2D eigenvalue weighted by Crippen LogP contribution is -2.46. The molecule has 0 bridgehead atoms. The van der Waals surface area contributed by atoms with Gasteiger partial charge in [-0.2, -0.15) is 0 Å². The fraction of sp³-hybridized carbons (Fsp3) is 0.300. The molecule has 0 aliphatic carbocycles. The quantitative estimate of drug-likeness (QED) is 0.522. The molecule has 9 heteroatoms. The van der Waals surface area contributed by atoms with Gasteiger partial charge in [-0.15, -0.1) is 0 Å². The molecule has 0 spiro atoms. The molecule has 0 N–H and O–H groups in total. The van der Waals surface area contributed by atoms with Crippen LogP contribution in [0.2, 0.25) is 0 Å². The Hall–Kier alpha value is -3.62. The van der Waals surface area contributed by atoms with E-state index in [1.54, 1.807) is 7.05 Å². The third kappa shape index (κ3) is 4.81.